The van der Waals surface area contributed by atoms with Crippen LogP contribution in [0, 0.1) is 5.92 Å². The van der Waals surface area contributed by atoms with Gasteiger partial charge in [-0.15, -0.1) is 24.8 Å². The van der Waals surface area contributed by atoms with E-state index < -0.39 is 0 Å². The molecule has 2 N–H and O–H groups in total. The maximum atomic E-state index is 12.0. The summed E-state index contributed by atoms with van der Waals surface area (Å²) in [5.41, 5.74) is 6.85. The number of anilines is 1. The van der Waals surface area contributed by atoms with Crippen molar-refractivity contribution in [3.8, 4) is 0 Å². The first-order valence-electron chi connectivity index (χ1n) is 8.17. The molecule has 1 saturated heterocycles. The van der Waals surface area contributed by atoms with E-state index >= 15 is 0 Å². The van der Waals surface area contributed by atoms with Crippen molar-refractivity contribution >= 4 is 47.3 Å². The molecule has 136 valence electrons. The number of hydrogen-bond donors (Lipinski definition) is 1. The zero-order chi connectivity index (χ0) is 16.5. The van der Waals surface area contributed by atoms with E-state index in [1.807, 2.05) is 42.6 Å². The molecule has 1 amide bonds. The van der Waals surface area contributed by atoms with Crippen molar-refractivity contribution in [2.24, 2.45) is 11.7 Å². The van der Waals surface area contributed by atoms with Crippen LogP contribution in [0.25, 0.3) is 10.8 Å². The van der Waals surface area contributed by atoms with Gasteiger partial charge < -0.3 is 10.6 Å². The molecular weight excluding hydrogens is 369 g/mol. The van der Waals surface area contributed by atoms with Crippen LogP contribution in [0.15, 0.2) is 66.9 Å². The fraction of sp³-hybridized carbons (Fsp3) is 0.200. The van der Waals surface area contributed by atoms with Gasteiger partial charge in [0, 0.05) is 30.6 Å². The van der Waals surface area contributed by atoms with Crippen molar-refractivity contribution in [1.82, 2.24) is 4.98 Å². The van der Waals surface area contributed by atoms with Crippen molar-refractivity contribution in [1.29, 1.82) is 0 Å². The number of carbonyl (C=O) groups excluding carboxylic acids is 1. The number of aromatic nitrogens is 1. The highest BCUT2D eigenvalue weighted by Gasteiger charge is 2.38. The van der Waals surface area contributed by atoms with E-state index in [0.29, 0.717) is 6.54 Å². The lowest BCUT2D eigenvalue weighted by Crippen LogP contribution is -2.29. The fourth-order valence-electron chi connectivity index (χ4n) is 3.66. The Morgan fingerprint density at radius 2 is 1.65 bits per heavy atom. The molecule has 2 aromatic carbocycles. The van der Waals surface area contributed by atoms with Gasteiger partial charge in [0.25, 0.3) is 0 Å². The second kappa shape index (κ2) is 8.39. The standard InChI is InChI=1S/C20H19N3O.2ClH/c21-19(24)18-13-23(12-17(18)14-6-2-1-3-7-14)20-16-9-5-4-8-15(16)10-11-22-20;;/h1-11,17-18H,12-13H2,(H2,21,24);2*1H. The minimum atomic E-state index is -0.244. The van der Waals surface area contributed by atoms with Gasteiger partial charge in [-0.25, -0.2) is 4.98 Å². The summed E-state index contributed by atoms with van der Waals surface area (Å²) in [6.07, 6.45) is 1.83. The number of rotatable bonds is 3. The van der Waals surface area contributed by atoms with Gasteiger partial charge in [-0.05, 0) is 17.0 Å². The monoisotopic (exact) mass is 389 g/mol. The molecule has 4 nitrogen and oxygen atoms in total. The van der Waals surface area contributed by atoms with Gasteiger partial charge in [0.1, 0.15) is 5.82 Å². The minimum Gasteiger partial charge on any atom is -0.369 e. The van der Waals surface area contributed by atoms with Crippen LogP contribution in [0.5, 0.6) is 0 Å². The SMILES string of the molecule is Cl.Cl.NC(=O)C1CN(c2nccc3ccccc23)CC1c1ccccc1. The third-order valence-corrected chi connectivity index (χ3v) is 4.87. The van der Waals surface area contributed by atoms with E-state index in [1.165, 1.54) is 0 Å². The van der Waals surface area contributed by atoms with Crippen molar-refractivity contribution in [2.75, 3.05) is 18.0 Å². The summed E-state index contributed by atoms with van der Waals surface area (Å²) in [6.45, 7) is 1.36. The number of primary amides is 1. The van der Waals surface area contributed by atoms with E-state index in [1.54, 1.807) is 0 Å². The highest BCUT2D eigenvalue weighted by atomic mass is 35.5. The van der Waals surface area contributed by atoms with Crippen LogP contribution >= 0.6 is 24.8 Å². The van der Waals surface area contributed by atoms with E-state index in [0.717, 1.165) is 28.7 Å². The number of nitrogens with zero attached hydrogens (tertiary/aromatic N) is 2. The molecule has 0 spiro atoms. The van der Waals surface area contributed by atoms with Crippen LogP contribution in [0.3, 0.4) is 0 Å². The van der Waals surface area contributed by atoms with Crippen LogP contribution in [0.1, 0.15) is 11.5 Å². The van der Waals surface area contributed by atoms with E-state index in [2.05, 4.69) is 34.1 Å². The number of pyridine rings is 1. The van der Waals surface area contributed by atoms with Crippen LogP contribution in [0.4, 0.5) is 5.82 Å². The summed E-state index contributed by atoms with van der Waals surface area (Å²) < 4.78 is 0. The zero-order valence-corrected chi connectivity index (χ0v) is 15.7. The van der Waals surface area contributed by atoms with Gasteiger partial charge in [-0.2, -0.15) is 0 Å². The fourth-order valence-corrected chi connectivity index (χ4v) is 3.66. The van der Waals surface area contributed by atoms with Crippen LogP contribution in [-0.4, -0.2) is 24.0 Å². The van der Waals surface area contributed by atoms with E-state index in [-0.39, 0.29) is 42.6 Å². The van der Waals surface area contributed by atoms with E-state index in [9.17, 15) is 4.79 Å². The predicted octanol–water partition coefficient (Wildman–Crippen LogP) is 3.78. The van der Waals surface area contributed by atoms with Gasteiger partial charge >= 0.3 is 0 Å². The van der Waals surface area contributed by atoms with Crippen LogP contribution in [0.2, 0.25) is 0 Å². The summed E-state index contributed by atoms with van der Waals surface area (Å²) in [6, 6.07) is 20.3. The van der Waals surface area contributed by atoms with Crippen LogP contribution < -0.4 is 10.6 Å². The van der Waals surface area contributed by atoms with Crippen molar-refractivity contribution < 1.29 is 4.79 Å². The Hall–Kier alpha value is -2.30. The maximum absolute atomic E-state index is 12.0. The summed E-state index contributed by atoms with van der Waals surface area (Å²) in [4.78, 5) is 18.8. The molecule has 2 heterocycles. The Morgan fingerprint density at radius 1 is 0.962 bits per heavy atom. The Labute approximate surface area is 165 Å². The highest BCUT2D eigenvalue weighted by molar-refractivity contribution is 5.92. The number of fused-ring (bicyclic) bond motifs is 1. The quantitative estimate of drug-likeness (QED) is 0.741. The molecule has 2 atom stereocenters. The molecule has 4 rings (SSSR count). The normalized spacial score (nSPS) is 18.8. The number of carbonyl (C=O) groups is 1. The number of amides is 1. The molecule has 3 aromatic rings. The lowest BCUT2D eigenvalue weighted by Gasteiger charge is -2.19. The van der Waals surface area contributed by atoms with Gasteiger partial charge in [0.05, 0.1) is 5.92 Å². The van der Waals surface area contributed by atoms with E-state index in [4.69, 9.17) is 5.73 Å². The first kappa shape index (κ1) is 20.0. The number of hydrogen-bond acceptors (Lipinski definition) is 3. The second-order valence-corrected chi connectivity index (χ2v) is 6.29. The molecular formula is C20H21Cl2N3O. The Kier molecular flexibility index (Phi) is 6.46. The number of nitrogens with two attached hydrogens (primary N) is 1. The topological polar surface area (TPSA) is 59.2 Å². The third kappa shape index (κ3) is 3.62. The molecule has 0 radical (unpaired) electrons. The van der Waals surface area contributed by atoms with Crippen molar-refractivity contribution in [3.63, 3.8) is 0 Å². The molecule has 6 heteroatoms. The first-order valence-corrected chi connectivity index (χ1v) is 8.17. The van der Waals surface area contributed by atoms with Crippen LogP contribution in [-0.2, 0) is 4.79 Å². The Balaban J connectivity index is 0.00000121. The molecule has 26 heavy (non-hydrogen) atoms. The molecule has 0 saturated carbocycles. The predicted molar refractivity (Wildman–Crippen MR) is 110 cm³/mol. The van der Waals surface area contributed by atoms with Crippen molar-refractivity contribution in [2.45, 2.75) is 5.92 Å². The minimum absolute atomic E-state index is 0. The molecule has 2 unspecified atom stereocenters. The van der Waals surface area contributed by atoms with Gasteiger partial charge in [-0.3, -0.25) is 4.79 Å². The number of halogens is 2. The molecule has 1 aromatic heterocycles. The van der Waals surface area contributed by atoms with Gasteiger partial charge in [0.2, 0.25) is 5.91 Å². The molecule has 0 aliphatic carbocycles. The largest absolute Gasteiger partial charge is 0.369 e. The first-order chi connectivity index (χ1) is 11.7. The zero-order valence-electron chi connectivity index (χ0n) is 14.1. The molecule has 1 fully saturated rings. The summed E-state index contributed by atoms with van der Waals surface area (Å²) in [5.74, 6) is 0.585. The van der Waals surface area contributed by atoms with Crippen molar-refractivity contribution in [3.05, 3.63) is 72.4 Å². The lowest BCUT2D eigenvalue weighted by molar-refractivity contribution is -0.121. The lowest BCUT2D eigenvalue weighted by atomic mass is 9.89. The second-order valence-electron chi connectivity index (χ2n) is 6.29. The highest BCUT2D eigenvalue weighted by Crippen LogP contribution is 2.36. The smallest absolute Gasteiger partial charge is 0.223 e. The number of benzene rings is 2. The van der Waals surface area contributed by atoms with Gasteiger partial charge in [0.15, 0.2) is 0 Å². The van der Waals surface area contributed by atoms with Gasteiger partial charge in [-0.1, -0.05) is 54.6 Å². The maximum Gasteiger partial charge on any atom is 0.223 e. The Morgan fingerprint density at radius 3 is 2.38 bits per heavy atom. The molecule has 0 bridgehead atoms. The average molecular weight is 390 g/mol. The third-order valence-electron chi connectivity index (χ3n) is 4.87. The molecule has 1 aliphatic rings. The Bertz CT molecular complexity index is 883. The summed E-state index contributed by atoms with van der Waals surface area (Å²) >= 11 is 0. The molecule has 1 aliphatic heterocycles. The summed E-state index contributed by atoms with van der Waals surface area (Å²) in [5, 5.41) is 2.26. The average Bonchev–Trinajstić information content (AvgIpc) is 3.07. The summed E-state index contributed by atoms with van der Waals surface area (Å²) in [7, 11) is 0.